The molecule has 0 spiro atoms. The fourth-order valence-electron chi connectivity index (χ4n) is 6.54. The van der Waals surface area contributed by atoms with Gasteiger partial charge in [0.05, 0.1) is 17.4 Å². The summed E-state index contributed by atoms with van der Waals surface area (Å²) in [5.74, 6) is -1.28. The molecule has 5 heteroatoms. The number of benzene rings is 2. The van der Waals surface area contributed by atoms with Crippen molar-refractivity contribution in [3.63, 3.8) is 0 Å². The van der Waals surface area contributed by atoms with Gasteiger partial charge in [0.2, 0.25) is 11.8 Å². The van der Waals surface area contributed by atoms with E-state index >= 15 is 0 Å². The van der Waals surface area contributed by atoms with E-state index in [2.05, 4.69) is 30.3 Å². The largest absolute Gasteiger partial charge is 0.274 e. The van der Waals surface area contributed by atoms with Gasteiger partial charge in [-0.2, -0.15) is 5.26 Å². The van der Waals surface area contributed by atoms with Gasteiger partial charge >= 0.3 is 0 Å². The Morgan fingerprint density at radius 2 is 1.35 bits per heavy atom. The summed E-state index contributed by atoms with van der Waals surface area (Å²) in [6.07, 6.45) is 2.83. The van der Waals surface area contributed by atoms with Crippen LogP contribution >= 0.6 is 11.3 Å². The predicted octanol–water partition coefficient (Wildman–Crippen LogP) is 4.51. The zero-order chi connectivity index (χ0) is 20.9. The molecular weight excluding hydrogens is 404 g/mol. The smallest absolute Gasteiger partial charge is 0.239 e. The number of nitrogens with zero attached hydrogens (tertiary/aromatic N) is 2. The number of nitriles is 1. The van der Waals surface area contributed by atoms with Gasteiger partial charge in [0.25, 0.3) is 0 Å². The van der Waals surface area contributed by atoms with Crippen LogP contribution in [0.5, 0.6) is 0 Å². The van der Waals surface area contributed by atoms with Gasteiger partial charge in [-0.25, -0.2) is 4.90 Å². The summed E-state index contributed by atoms with van der Waals surface area (Å²) in [4.78, 5) is 30.3. The molecule has 4 nitrogen and oxygen atoms in total. The highest BCUT2D eigenvalue weighted by Gasteiger charge is 2.62. The Morgan fingerprint density at radius 1 is 0.839 bits per heavy atom. The average molecular weight is 423 g/mol. The molecule has 3 aromatic rings. The van der Waals surface area contributed by atoms with Crippen LogP contribution in [0, 0.1) is 23.2 Å². The number of fused-ring (bicyclic) bond motifs is 1. The molecule has 2 atom stereocenters. The molecule has 2 bridgehead atoms. The van der Waals surface area contributed by atoms with Gasteiger partial charge in [-0.1, -0.05) is 48.5 Å². The zero-order valence-electron chi connectivity index (χ0n) is 16.7. The summed E-state index contributed by atoms with van der Waals surface area (Å²) in [5, 5.41) is 10.4. The third kappa shape index (κ3) is 1.99. The van der Waals surface area contributed by atoms with Crippen LogP contribution in [0.2, 0.25) is 0 Å². The molecule has 1 fully saturated rings. The quantitative estimate of drug-likeness (QED) is 0.542. The Bertz CT molecular complexity index is 1250. The summed E-state index contributed by atoms with van der Waals surface area (Å²) in [6, 6.07) is 18.8. The maximum atomic E-state index is 13.9. The van der Waals surface area contributed by atoms with Crippen molar-refractivity contribution in [2.24, 2.45) is 11.8 Å². The summed E-state index contributed by atoms with van der Waals surface area (Å²) < 4.78 is 0. The molecule has 8 rings (SSSR count). The molecule has 150 valence electrons. The highest BCUT2D eigenvalue weighted by atomic mass is 32.1. The topological polar surface area (TPSA) is 61.2 Å². The number of carbonyl (C=O) groups is 2. The van der Waals surface area contributed by atoms with Crippen LogP contribution in [0.15, 0.2) is 48.5 Å². The molecule has 1 saturated heterocycles. The van der Waals surface area contributed by atoms with Crippen LogP contribution in [0.3, 0.4) is 0 Å². The number of hydrogen-bond donors (Lipinski definition) is 0. The first-order chi connectivity index (χ1) is 15.2. The minimum atomic E-state index is -0.397. The van der Waals surface area contributed by atoms with Gasteiger partial charge < -0.3 is 0 Å². The molecular formula is C26H18N2O2S. The van der Waals surface area contributed by atoms with E-state index < -0.39 is 11.8 Å². The normalized spacial score (nSPS) is 27.0. The summed E-state index contributed by atoms with van der Waals surface area (Å²) in [5.41, 5.74) is 6.27. The number of hydrogen-bond acceptors (Lipinski definition) is 4. The Morgan fingerprint density at radius 3 is 1.84 bits per heavy atom. The molecule has 1 aromatic heterocycles. The van der Waals surface area contributed by atoms with E-state index in [1.165, 1.54) is 38.5 Å². The van der Waals surface area contributed by atoms with Gasteiger partial charge in [0.15, 0.2) is 0 Å². The van der Waals surface area contributed by atoms with E-state index in [0.29, 0.717) is 10.6 Å². The Hall–Kier alpha value is -3.23. The first kappa shape index (κ1) is 17.5. The van der Waals surface area contributed by atoms with Crippen LogP contribution in [-0.2, 0) is 22.4 Å². The van der Waals surface area contributed by atoms with Crippen LogP contribution in [0.4, 0.5) is 5.00 Å². The molecule has 0 saturated carbocycles. The molecule has 0 N–H and O–H groups in total. The highest BCUT2D eigenvalue weighted by molar-refractivity contribution is 7.17. The molecule has 1 aliphatic heterocycles. The lowest BCUT2D eigenvalue weighted by molar-refractivity contribution is -0.122. The maximum absolute atomic E-state index is 13.9. The van der Waals surface area contributed by atoms with Crippen molar-refractivity contribution in [3.05, 3.63) is 86.8 Å². The molecule has 31 heavy (non-hydrogen) atoms. The number of rotatable bonds is 1. The summed E-state index contributed by atoms with van der Waals surface area (Å²) in [6.45, 7) is 0. The first-order valence-electron chi connectivity index (χ1n) is 10.8. The second kappa shape index (κ2) is 5.93. The lowest BCUT2D eigenvalue weighted by atomic mass is 9.55. The fourth-order valence-corrected chi connectivity index (χ4v) is 7.89. The van der Waals surface area contributed by atoms with Gasteiger partial charge in [0, 0.05) is 16.7 Å². The minimum absolute atomic E-state index is 0.110. The Balaban J connectivity index is 1.44. The van der Waals surface area contributed by atoms with Crippen LogP contribution in [0.1, 0.15) is 56.5 Å². The summed E-state index contributed by atoms with van der Waals surface area (Å²) >= 11 is 1.48. The standard InChI is InChI=1S/C26H18N2O2S/c27-12-18-13-10-5-11-19(13)31-26(18)28-24(29)22-20-14-6-1-2-7-15(14)21(23(22)25(28)30)17-9-4-3-8-16(17)20/h1-4,6-9,20-23H,5,10-11H2/t20?,21?,22-,23+. The second-order valence-electron chi connectivity index (χ2n) is 8.93. The SMILES string of the molecule is N#Cc1c(N2C(=O)[C@@H]3C4c5ccccc5C(c5ccccc54)[C@@H]3C2=O)sc2c1CCC2. The number of amides is 2. The Labute approximate surface area is 183 Å². The minimum Gasteiger partial charge on any atom is -0.274 e. The molecule has 2 amide bonds. The van der Waals surface area contributed by atoms with Crippen molar-refractivity contribution in [2.75, 3.05) is 4.90 Å². The van der Waals surface area contributed by atoms with Gasteiger partial charge in [-0.15, -0.1) is 11.3 Å². The van der Waals surface area contributed by atoms with E-state index in [9.17, 15) is 14.9 Å². The third-order valence-corrected chi connectivity index (χ3v) is 8.94. The Kier molecular flexibility index (Phi) is 3.34. The van der Waals surface area contributed by atoms with Crippen molar-refractivity contribution in [1.29, 1.82) is 5.26 Å². The lowest BCUT2D eigenvalue weighted by Gasteiger charge is -2.45. The van der Waals surface area contributed by atoms with Crippen molar-refractivity contribution < 1.29 is 9.59 Å². The third-order valence-electron chi connectivity index (χ3n) is 7.67. The van der Waals surface area contributed by atoms with E-state index in [1.54, 1.807) is 0 Å². The van der Waals surface area contributed by atoms with Gasteiger partial charge in [-0.3, -0.25) is 9.59 Å². The van der Waals surface area contributed by atoms with E-state index in [0.717, 1.165) is 29.7 Å². The zero-order valence-corrected chi connectivity index (χ0v) is 17.5. The number of thiophene rings is 1. The van der Waals surface area contributed by atoms with E-state index in [1.807, 2.05) is 24.3 Å². The number of carbonyl (C=O) groups excluding carboxylic acids is 2. The number of imide groups is 1. The number of aryl methyl sites for hydroxylation is 1. The van der Waals surface area contributed by atoms with Crippen molar-refractivity contribution in [1.82, 2.24) is 0 Å². The molecule has 4 aliphatic carbocycles. The molecule has 0 unspecified atom stereocenters. The first-order valence-corrected chi connectivity index (χ1v) is 11.6. The molecule has 2 heterocycles. The number of anilines is 1. The average Bonchev–Trinajstić information content (AvgIpc) is 3.46. The predicted molar refractivity (Wildman–Crippen MR) is 117 cm³/mol. The van der Waals surface area contributed by atoms with Crippen molar-refractivity contribution >= 4 is 28.2 Å². The van der Waals surface area contributed by atoms with Crippen LogP contribution in [-0.4, -0.2) is 11.8 Å². The molecule has 5 aliphatic rings. The molecule has 0 radical (unpaired) electrons. The van der Waals surface area contributed by atoms with Crippen molar-refractivity contribution in [2.45, 2.75) is 31.1 Å². The fraction of sp³-hybridized carbons (Fsp3) is 0.269. The molecule has 2 aromatic carbocycles. The second-order valence-corrected chi connectivity index (χ2v) is 10.0. The maximum Gasteiger partial charge on any atom is 0.239 e. The monoisotopic (exact) mass is 422 g/mol. The highest BCUT2D eigenvalue weighted by Crippen LogP contribution is 2.61. The van der Waals surface area contributed by atoms with E-state index in [-0.39, 0.29) is 23.7 Å². The van der Waals surface area contributed by atoms with Crippen LogP contribution < -0.4 is 4.90 Å². The van der Waals surface area contributed by atoms with Gasteiger partial charge in [-0.05, 0) is 47.1 Å². The lowest BCUT2D eigenvalue weighted by Crippen LogP contribution is -2.41. The van der Waals surface area contributed by atoms with Crippen molar-refractivity contribution in [3.8, 4) is 6.07 Å². The van der Waals surface area contributed by atoms with Gasteiger partial charge in [0.1, 0.15) is 11.1 Å². The van der Waals surface area contributed by atoms with Crippen LogP contribution in [0.25, 0.3) is 0 Å². The summed E-state index contributed by atoms with van der Waals surface area (Å²) in [7, 11) is 0. The van der Waals surface area contributed by atoms with E-state index in [4.69, 9.17) is 0 Å².